The van der Waals surface area contributed by atoms with Crippen LogP contribution in [0.5, 0.6) is 5.75 Å². The number of nitrogens with one attached hydrogen (secondary N) is 1. The van der Waals surface area contributed by atoms with Crippen molar-refractivity contribution in [3.8, 4) is 17.0 Å². The van der Waals surface area contributed by atoms with Crippen molar-refractivity contribution in [2.45, 2.75) is 63.6 Å². The van der Waals surface area contributed by atoms with Crippen molar-refractivity contribution in [3.63, 3.8) is 0 Å². The van der Waals surface area contributed by atoms with Gasteiger partial charge in [-0.15, -0.1) is 0 Å². The summed E-state index contributed by atoms with van der Waals surface area (Å²) in [6, 6.07) is 1.96. The minimum Gasteiger partial charge on any atom is -0.486 e. The molecular weight excluding hydrogens is 517 g/mol. The van der Waals surface area contributed by atoms with Gasteiger partial charge in [0, 0.05) is 43.0 Å². The maximum Gasteiger partial charge on any atom is 0.438 e. The molecule has 14 heteroatoms. The molecule has 0 radical (unpaired) electrons. The molecule has 0 amide bonds. The minimum absolute atomic E-state index is 0.0141. The van der Waals surface area contributed by atoms with E-state index in [1.54, 1.807) is 23.3 Å². The highest BCUT2D eigenvalue weighted by atomic mass is 19.4. The van der Waals surface area contributed by atoms with Gasteiger partial charge in [0.25, 0.3) is 0 Å². The van der Waals surface area contributed by atoms with Gasteiger partial charge in [-0.05, 0) is 32.6 Å². The smallest absolute Gasteiger partial charge is 0.438 e. The Bertz CT molecular complexity index is 1420. The largest absolute Gasteiger partial charge is 0.486 e. The van der Waals surface area contributed by atoms with E-state index < -0.39 is 18.0 Å². The summed E-state index contributed by atoms with van der Waals surface area (Å²) in [5.41, 5.74) is 1.31. The lowest BCUT2D eigenvalue weighted by molar-refractivity contribution is -0.143. The van der Waals surface area contributed by atoms with Crippen molar-refractivity contribution in [1.29, 1.82) is 0 Å². The number of rotatable bonds is 9. The maximum atomic E-state index is 13.4. The van der Waals surface area contributed by atoms with Crippen LogP contribution in [0.1, 0.15) is 44.3 Å². The number of alkyl halides is 3. The molecule has 3 N–H and O–H groups in total. The molecule has 210 valence electrons. The van der Waals surface area contributed by atoms with E-state index in [4.69, 9.17) is 14.9 Å². The fraction of sp³-hybridized carbons (Fsp3) is 0.520. The average Bonchev–Trinajstić information content (AvgIpc) is 3.61. The van der Waals surface area contributed by atoms with Gasteiger partial charge in [0.15, 0.2) is 5.75 Å². The van der Waals surface area contributed by atoms with Crippen molar-refractivity contribution in [2.24, 2.45) is 7.05 Å². The Kier molecular flexibility index (Phi) is 7.49. The van der Waals surface area contributed by atoms with Crippen LogP contribution < -0.4 is 10.1 Å². The van der Waals surface area contributed by atoms with Gasteiger partial charge in [-0.2, -0.15) is 28.5 Å². The third kappa shape index (κ3) is 5.71. The Morgan fingerprint density at radius 1 is 1.15 bits per heavy atom. The van der Waals surface area contributed by atoms with Gasteiger partial charge < -0.3 is 20.3 Å². The lowest BCUT2D eigenvalue weighted by Crippen LogP contribution is -2.27. The van der Waals surface area contributed by atoms with E-state index in [0.717, 1.165) is 21.1 Å². The van der Waals surface area contributed by atoms with Crippen LogP contribution in [0.25, 0.3) is 22.2 Å². The molecule has 5 rings (SSSR count). The van der Waals surface area contributed by atoms with E-state index >= 15 is 0 Å². The highest BCUT2D eigenvalue weighted by Crippen LogP contribution is 2.39. The lowest BCUT2D eigenvalue weighted by Gasteiger charge is -2.29. The fourth-order valence-electron chi connectivity index (χ4n) is 5.00. The van der Waals surface area contributed by atoms with E-state index in [-0.39, 0.29) is 31.0 Å². The van der Waals surface area contributed by atoms with Gasteiger partial charge in [0.2, 0.25) is 5.69 Å². The number of hydrogen-bond donors (Lipinski definition) is 3. The second-order valence-electron chi connectivity index (χ2n) is 9.76. The summed E-state index contributed by atoms with van der Waals surface area (Å²) < 4.78 is 50.5. The molecule has 1 saturated carbocycles. The molecule has 0 saturated heterocycles. The number of pyridine rings is 1. The Labute approximate surface area is 222 Å². The number of halogens is 3. The normalized spacial score (nSPS) is 18.9. The number of nitrogens with zero attached hydrogens (tertiary/aromatic N) is 7. The first-order chi connectivity index (χ1) is 18.7. The fourth-order valence-corrected chi connectivity index (χ4v) is 5.00. The summed E-state index contributed by atoms with van der Waals surface area (Å²) >= 11 is 0. The van der Waals surface area contributed by atoms with Gasteiger partial charge in [-0.1, -0.05) is 0 Å². The number of aliphatic hydroxyl groups is 2. The van der Waals surface area contributed by atoms with Crippen LogP contribution in [0.2, 0.25) is 0 Å². The van der Waals surface area contributed by atoms with Crippen LogP contribution in [0, 0.1) is 0 Å². The topological polar surface area (TPSA) is 128 Å². The van der Waals surface area contributed by atoms with Crippen LogP contribution in [0.3, 0.4) is 0 Å². The number of anilines is 1. The Balaban J connectivity index is 1.39. The third-order valence-corrected chi connectivity index (χ3v) is 6.81. The molecule has 1 fully saturated rings. The van der Waals surface area contributed by atoms with Crippen molar-refractivity contribution in [3.05, 3.63) is 36.5 Å². The van der Waals surface area contributed by atoms with Crippen LogP contribution >= 0.6 is 0 Å². The molecule has 0 bridgehead atoms. The molecule has 1 atom stereocenters. The first kappa shape index (κ1) is 26.9. The second kappa shape index (κ2) is 10.8. The number of aromatic nitrogens is 7. The standard InChI is InChI=1S/C25H31F3N8O3/c1-3-29-22-8-20-19(10-30-22)23(15-9-31-35(11-15)12-17(38)14-37)32-36(20)16-4-6-18(7-5-16)39-21-13-34(2)33-24(21)25(26,27)28/h8-11,13,16-18,37-38H,3-7,12,14H2,1-2H3,(H,29,30)/t16-,17-,18+/m1/s1. The summed E-state index contributed by atoms with van der Waals surface area (Å²) in [6.07, 6.45) is 3.05. The molecule has 0 spiro atoms. The highest BCUT2D eigenvalue weighted by Gasteiger charge is 2.39. The summed E-state index contributed by atoms with van der Waals surface area (Å²) in [4.78, 5) is 4.51. The summed E-state index contributed by atoms with van der Waals surface area (Å²) in [7, 11) is 1.44. The number of ether oxygens (including phenoxy) is 1. The van der Waals surface area contributed by atoms with E-state index in [2.05, 4.69) is 20.5 Å². The molecular formula is C25H31F3N8O3. The predicted octanol–water partition coefficient (Wildman–Crippen LogP) is 3.39. The number of aryl methyl sites for hydroxylation is 1. The number of hydrogen-bond acceptors (Lipinski definition) is 8. The van der Waals surface area contributed by atoms with Crippen LogP contribution in [-0.2, 0) is 19.8 Å². The van der Waals surface area contributed by atoms with E-state index in [1.807, 2.05) is 17.7 Å². The Hall–Kier alpha value is -3.65. The van der Waals surface area contributed by atoms with Crippen LogP contribution in [0.15, 0.2) is 30.9 Å². The monoisotopic (exact) mass is 548 g/mol. The summed E-state index contributed by atoms with van der Waals surface area (Å²) in [6.45, 7) is 2.47. The molecule has 0 unspecified atom stereocenters. The minimum atomic E-state index is -4.58. The molecule has 11 nitrogen and oxygen atoms in total. The molecule has 0 aromatic carbocycles. The number of aliphatic hydroxyl groups excluding tert-OH is 2. The SMILES string of the molecule is CCNc1cc2c(cn1)c(-c1cnn(C[C@@H](O)CO)c1)nn2[C@H]1CC[C@@H](Oc2cn(C)nc2C(F)(F)F)CC1. The Morgan fingerprint density at radius 2 is 1.92 bits per heavy atom. The van der Waals surface area contributed by atoms with Gasteiger partial charge in [-0.3, -0.25) is 14.0 Å². The van der Waals surface area contributed by atoms with Gasteiger partial charge in [-0.25, -0.2) is 4.98 Å². The predicted molar refractivity (Wildman–Crippen MR) is 136 cm³/mol. The van der Waals surface area contributed by atoms with Crippen molar-refractivity contribution in [1.82, 2.24) is 34.3 Å². The molecule has 1 aliphatic rings. The zero-order valence-corrected chi connectivity index (χ0v) is 21.6. The molecule has 1 aliphatic carbocycles. The van der Waals surface area contributed by atoms with Crippen molar-refractivity contribution in [2.75, 3.05) is 18.5 Å². The summed E-state index contributed by atoms with van der Waals surface area (Å²) in [5, 5.41) is 35.7. The zero-order chi connectivity index (χ0) is 27.7. The molecule has 39 heavy (non-hydrogen) atoms. The van der Waals surface area contributed by atoms with Gasteiger partial charge in [0.05, 0.1) is 49.3 Å². The first-order valence-electron chi connectivity index (χ1n) is 12.9. The molecule has 4 heterocycles. The number of fused-ring (bicyclic) bond motifs is 1. The second-order valence-corrected chi connectivity index (χ2v) is 9.76. The average molecular weight is 549 g/mol. The summed E-state index contributed by atoms with van der Waals surface area (Å²) in [5.74, 6) is 0.470. The highest BCUT2D eigenvalue weighted by molar-refractivity contribution is 5.93. The third-order valence-electron chi connectivity index (χ3n) is 6.81. The van der Waals surface area contributed by atoms with E-state index in [9.17, 15) is 18.3 Å². The zero-order valence-electron chi connectivity index (χ0n) is 21.6. The van der Waals surface area contributed by atoms with Crippen molar-refractivity contribution < 1.29 is 28.1 Å². The molecule has 0 aliphatic heterocycles. The lowest BCUT2D eigenvalue weighted by atomic mass is 9.93. The molecule has 4 aromatic heterocycles. The van der Waals surface area contributed by atoms with Gasteiger partial charge >= 0.3 is 6.18 Å². The van der Waals surface area contributed by atoms with E-state index in [1.165, 1.54) is 13.2 Å². The van der Waals surface area contributed by atoms with Crippen molar-refractivity contribution >= 4 is 16.7 Å². The Morgan fingerprint density at radius 3 is 2.62 bits per heavy atom. The van der Waals surface area contributed by atoms with E-state index in [0.29, 0.717) is 43.7 Å². The quantitative estimate of drug-likeness (QED) is 0.291. The van der Waals surface area contributed by atoms with Gasteiger partial charge in [0.1, 0.15) is 11.5 Å². The van der Waals surface area contributed by atoms with Crippen LogP contribution in [0.4, 0.5) is 19.0 Å². The molecule has 4 aromatic rings. The first-order valence-corrected chi connectivity index (χ1v) is 12.9. The van der Waals surface area contributed by atoms with Crippen LogP contribution in [-0.4, -0.2) is 69.9 Å². The maximum absolute atomic E-state index is 13.4.